The van der Waals surface area contributed by atoms with Gasteiger partial charge in [0.05, 0.1) is 5.60 Å². The van der Waals surface area contributed by atoms with Gasteiger partial charge >= 0.3 is 0 Å². The molecule has 4 aliphatic carbocycles. The zero-order chi connectivity index (χ0) is 16.0. The summed E-state index contributed by atoms with van der Waals surface area (Å²) in [4.78, 5) is 0. The SMILES string of the molecule is C[C@H]1C[C@]23CC[C@]1(O)[C@@]2(C)CC[C@@H]1c2ccc(O)cc2CC[C@H]13. The summed E-state index contributed by atoms with van der Waals surface area (Å²) in [6, 6.07) is 6.04. The minimum atomic E-state index is -0.423. The summed E-state index contributed by atoms with van der Waals surface area (Å²) in [7, 11) is 0. The van der Waals surface area contributed by atoms with Crippen molar-refractivity contribution in [3.63, 3.8) is 0 Å². The number of aliphatic hydroxyl groups is 1. The van der Waals surface area contributed by atoms with Crippen LogP contribution < -0.4 is 0 Å². The zero-order valence-electron chi connectivity index (χ0n) is 14.3. The zero-order valence-corrected chi connectivity index (χ0v) is 14.3. The number of aryl methyl sites for hydroxylation is 1. The molecule has 3 saturated carbocycles. The van der Waals surface area contributed by atoms with Crippen LogP contribution in [0.25, 0.3) is 0 Å². The lowest BCUT2D eigenvalue weighted by atomic mass is 9.48. The molecule has 2 bridgehead atoms. The summed E-state index contributed by atoms with van der Waals surface area (Å²) in [5, 5.41) is 21.3. The van der Waals surface area contributed by atoms with Crippen LogP contribution >= 0.6 is 0 Å². The van der Waals surface area contributed by atoms with Gasteiger partial charge in [-0.3, -0.25) is 0 Å². The van der Waals surface area contributed by atoms with Crippen molar-refractivity contribution in [2.45, 2.75) is 70.3 Å². The van der Waals surface area contributed by atoms with Crippen LogP contribution in [0.15, 0.2) is 18.2 Å². The number of rotatable bonds is 0. The Hall–Kier alpha value is -1.02. The van der Waals surface area contributed by atoms with Crippen LogP contribution in [0.1, 0.15) is 69.4 Å². The molecule has 2 heteroatoms. The van der Waals surface area contributed by atoms with Crippen LogP contribution in [0.2, 0.25) is 0 Å². The largest absolute Gasteiger partial charge is 0.508 e. The Morgan fingerprint density at radius 2 is 1.96 bits per heavy atom. The normalized spacial score (nSPS) is 50.3. The lowest BCUT2D eigenvalue weighted by Crippen LogP contribution is -2.52. The van der Waals surface area contributed by atoms with Crippen molar-refractivity contribution in [2.24, 2.45) is 22.7 Å². The van der Waals surface area contributed by atoms with Crippen molar-refractivity contribution in [2.75, 3.05) is 0 Å². The highest BCUT2D eigenvalue weighted by atomic mass is 16.3. The molecule has 3 fully saturated rings. The van der Waals surface area contributed by atoms with Crippen molar-refractivity contribution < 1.29 is 10.2 Å². The van der Waals surface area contributed by atoms with Crippen LogP contribution in [0, 0.1) is 22.7 Å². The number of benzene rings is 1. The molecule has 6 atom stereocenters. The second kappa shape index (κ2) is 4.14. The van der Waals surface area contributed by atoms with Crippen LogP contribution in [0.5, 0.6) is 5.75 Å². The molecule has 0 amide bonds. The number of hydrogen-bond donors (Lipinski definition) is 2. The third-order valence-corrected chi connectivity index (χ3v) is 8.89. The van der Waals surface area contributed by atoms with E-state index in [2.05, 4.69) is 19.9 Å². The highest BCUT2D eigenvalue weighted by Crippen LogP contribution is 2.78. The lowest BCUT2D eigenvalue weighted by molar-refractivity contribution is -0.110. The van der Waals surface area contributed by atoms with Gasteiger partial charge in [0, 0.05) is 5.41 Å². The number of hydrogen-bond acceptors (Lipinski definition) is 2. The van der Waals surface area contributed by atoms with E-state index in [0.29, 0.717) is 23.0 Å². The third-order valence-electron chi connectivity index (χ3n) is 8.89. The number of phenolic OH excluding ortho intramolecular Hbond substituents is 1. The van der Waals surface area contributed by atoms with Crippen molar-refractivity contribution in [1.82, 2.24) is 0 Å². The fourth-order valence-electron chi connectivity index (χ4n) is 7.80. The van der Waals surface area contributed by atoms with Gasteiger partial charge in [0.15, 0.2) is 0 Å². The van der Waals surface area contributed by atoms with Gasteiger partial charge in [0.2, 0.25) is 0 Å². The number of fused-ring (bicyclic) bond motifs is 3. The maximum atomic E-state index is 11.4. The van der Waals surface area contributed by atoms with E-state index < -0.39 is 5.60 Å². The molecule has 124 valence electrons. The Morgan fingerprint density at radius 3 is 2.74 bits per heavy atom. The maximum Gasteiger partial charge on any atom is 0.115 e. The van der Waals surface area contributed by atoms with Crippen molar-refractivity contribution in [3.8, 4) is 5.75 Å². The monoisotopic (exact) mass is 312 g/mol. The van der Waals surface area contributed by atoms with Crippen molar-refractivity contribution in [3.05, 3.63) is 29.3 Å². The predicted molar refractivity (Wildman–Crippen MR) is 90.4 cm³/mol. The van der Waals surface area contributed by atoms with E-state index in [9.17, 15) is 10.2 Å². The van der Waals surface area contributed by atoms with Crippen molar-refractivity contribution in [1.29, 1.82) is 0 Å². The van der Waals surface area contributed by atoms with E-state index >= 15 is 0 Å². The number of aromatic hydroxyl groups is 1. The Morgan fingerprint density at radius 1 is 1.13 bits per heavy atom. The molecule has 0 aromatic heterocycles. The summed E-state index contributed by atoms with van der Waals surface area (Å²) in [5.41, 5.74) is 2.90. The van der Waals surface area contributed by atoms with Gasteiger partial charge in [-0.15, -0.1) is 0 Å². The molecule has 23 heavy (non-hydrogen) atoms. The fourth-order valence-corrected chi connectivity index (χ4v) is 7.80. The molecule has 5 rings (SSSR count). The second-order valence-corrected chi connectivity index (χ2v) is 9.19. The summed E-state index contributed by atoms with van der Waals surface area (Å²) in [5.74, 6) is 2.21. The molecular formula is C21H28O2. The first-order valence-corrected chi connectivity index (χ1v) is 9.45. The van der Waals surface area contributed by atoms with Crippen LogP contribution in [0.3, 0.4) is 0 Å². The molecule has 0 radical (unpaired) electrons. The molecule has 1 aromatic rings. The van der Waals surface area contributed by atoms with Crippen LogP contribution in [0.4, 0.5) is 0 Å². The Bertz CT molecular complexity index is 682. The molecule has 2 nitrogen and oxygen atoms in total. The summed E-state index contributed by atoms with van der Waals surface area (Å²) < 4.78 is 0. The Labute approximate surface area is 138 Å². The van der Waals surface area contributed by atoms with Gasteiger partial charge in [-0.05, 0) is 91.4 Å². The first-order chi connectivity index (χ1) is 10.9. The maximum absolute atomic E-state index is 11.4. The minimum absolute atomic E-state index is 0.120. The van der Waals surface area contributed by atoms with E-state index in [1.807, 2.05) is 12.1 Å². The first-order valence-electron chi connectivity index (χ1n) is 9.45. The van der Waals surface area contributed by atoms with E-state index in [0.717, 1.165) is 25.2 Å². The van der Waals surface area contributed by atoms with Gasteiger partial charge in [-0.1, -0.05) is 19.9 Å². The molecular weight excluding hydrogens is 284 g/mol. The van der Waals surface area contributed by atoms with E-state index in [-0.39, 0.29) is 5.41 Å². The van der Waals surface area contributed by atoms with Gasteiger partial charge in [-0.2, -0.15) is 0 Å². The topological polar surface area (TPSA) is 40.5 Å². The average Bonchev–Trinajstić information content (AvgIpc) is 2.86. The second-order valence-electron chi connectivity index (χ2n) is 9.19. The van der Waals surface area contributed by atoms with Gasteiger partial charge in [0.25, 0.3) is 0 Å². The van der Waals surface area contributed by atoms with Crippen LogP contribution in [-0.4, -0.2) is 15.8 Å². The lowest BCUT2D eigenvalue weighted by Gasteiger charge is -2.56. The first kappa shape index (κ1) is 14.3. The van der Waals surface area contributed by atoms with E-state index in [1.165, 1.54) is 36.8 Å². The fraction of sp³-hybridized carbons (Fsp3) is 0.714. The predicted octanol–water partition coefficient (Wildman–Crippen LogP) is 4.39. The van der Waals surface area contributed by atoms with Gasteiger partial charge < -0.3 is 10.2 Å². The highest BCUT2D eigenvalue weighted by molar-refractivity contribution is 5.41. The Balaban J connectivity index is 1.63. The molecule has 1 aromatic carbocycles. The summed E-state index contributed by atoms with van der Waals surface area (Å²) in [6.45, 7) is 4.69. The molecule has 0 saturated heterocycles. The van der Waals surface area contributed by atoms with Gasteiger partial charge in [0.1, 0.15) is 5.75 Å². The molecule has 0 aliphatic heterocycles. The quantitative estimate of drug-likeness (QED) is 0.746. The molecule has 0 spiro atoms. The average molecular weight is 312 g/mol. The molecule has 0 unspecified atom stereocenters. The molecule has 0 heterocycles. The highest BCUT2D eigenvalue weighted by Gasteiger charge is 2.75. The molecule has 2 N–H and O–H groups in total. The van der Waals surface area contributed by atoms with E-state index in [1.54, 1.807) is 0 Å². The standard InChI is InChI=1S/C21H28O2/c1-13-12-20-9-10-21(13,23)19(20,2)8-7-17-16-5-4-15(22)11-14(16)3-6-18(17)20/h4-5,11,13,17-18,22-23H,3,6-10,12H2,1-2H3/t13-,17+,18+,19-,20-,21+/m0/s1. The van der Waals surface area contributed by atoms with Gasteiger partial charge in [-0.25, -0.2) is 0 Å². The summed E-state index contributed by atoms with van der Waals surface area (Å²) in [6.07, 6.45) is 8.14. The third kappa shape index (κ3) is 1.42. The molecule has 4 aliphatic rings. The summed E-state index contributed by atoms with van der Waals surface area (Å²) >= 11 is 0. The van der Waals surface area contributed by atoms with Crippen LogP contribution in [-0.2, 0) is 6.42 Å². The minimum Gasteiger partial charge on any atom is -0.508 e. The smallest absolute Gasteiger partial charge is 0.115 e. The Kier molecular flexibility index (Phi) is 2.58. The van der Waals surface area contributed by atoms with E-state index in [4.69, 9.17) is 0 Å². The van der Waals surface area contributed by atoms with Crippen molar-refractivity contribution >= 4 is 0 Å². The number of phenols is 1.